The summed E-state index contributed by atoms with van der Waals surface area (Å²) >= 11 is 1.23. The molecule has 0 spiro atoms. The van der Waals surface area contributed by atoms with Crippen molar-refractivity contribution in [2.45, 2.75) is 33.7 Å². The fraction of sp³-hybridized carbons (Fsp3) is 0.345. The minimum atomic E-state index is -0.774. The van der Waals surface area contributed by atoms with Gasteiger partial charge in [0.1, 0.15) is 11.5 Å². The number of methoxy groups -OCH3 is 2. The standard InChI is InChI=1S/C29H32N2O7S/c1-7-36-22-12-10-18(15-23(22)37-8-2)26-25(28(33)38-9-3)17(4)30-29-31(26)27(32)24(39-29)16-19-14-20(34-5)11-13-21(19)35-6/h10-16,26H,7-9H2,1-6H3/b24-16-. The van der Waals surface area contributed by atoms with Crippen LogP contribution in [0.1, 0.15) is 44.9 Å². The Morgan fingerprint density at radius 3 is 2.36 bits per heavy atom. The van der Waals surface area contributed by atoms with E-state index in [0.717, 1.165) is 0 Å². The first-order valence-corrected chi connectivity index (χ1v) is 13.5. The predicted molar refractivity (Wildman–Crippen MR) is 149 cm³/mol. The Morgan fingerprint density at radius 1 is 0.974 bits per heavy atom. The zero-order valence-electron chi connectivity index (χ0n) is 22.9. The van der Waals surface area contributed by atoms with Crippen LogP contribution in [0.3, 0.4) is 0 Å². The van der Waals surface area contributed by atoms with E-state index in [4.69, 9.17) is 23.7 Å². The Bertz CT molecular complexity index is 1590. The van der Waals surface area contributed by atoms with Crippen LogP contribution in [0.5, 0.6) is 23.0 Å². The van der Waals surface area contributed by atoms with Crippen LogP contribution in [0.2, 0.25) is 0 Å². The third-order valence-corrected chi connectivity index (χ3v) is 7.11. The molecule has 10 heteroatoms. The molecule has 0 saturated carbocycles. The lowest BCUT2D eigenvalue weighted by Crippen LogP contribution is -2.40. The van der Waals surface area contributed by atoms with Gasteiger partial charge < -0.3 is 23.7 Å². The average molecular weight is 553 g/mol. The molecule has 0 saturated heterocycles. The number of carbonyl (C=O) groups excluding carboxylic acids is 1. The first kappa shape index (κ1) is 28.0. The first-order chi connectivity index (χ1) is 18.9. The summed E-state index contributed by atoms with van der Waals surface area (Å²) in [6.45, 7) is 8.35. The quantitative estimate of drug-likeness (QED) is 0.355. The Balaban J connectivity index is 1.97. The number of allylic oxidation sites excluding steroid dienone is 1. The summed E-state index contributed by atoms with van der Waals surface area (Å²) in [7, 11) is 3.14. The number of benzene rings is 2. The van der Waals surface area contributed by atoms with Gasteiger partial charge in [-0.25, -0.2) is 9.79 Å². The van der Waals surface area contributed by atoms with Crippen LogP contribution in [0.4, 0.5) is 0 Å². The summed E-state index contributed by atoms with van der Waals surface area (Å²) in [6, 6.07) is 10.0. The lowest BCUT2D eigenvalue weighted by atomic mass is 9.95. The van der Waals surface area contributed by atoms with Gasteiger partial charge in [-0.2, -0.15) is 0 Å². The number of esters is 1. The number of nitrogens with zero attached hydrogens (tertiary/aromatic N) is 2. The highest BCUT2D eigenvalue weighted by Crippen LogP contribution is 2.36. The molecule has 1 aliphatic rings. The molecule has 4 rings (SSSR count). The number of thiazole rings is 1. The van der Waals surface area contributed by atoms with Crippen LogP contribution in [0.15, 0.2) is 57.5 Å². The maximum Gasteiger partial charge on any atom is 0.338 e. The van der Waals surface area contributed by atoms with E-state index >= 15 is 0 Å². The molecule has 0 amide bonds. The van der Waals surface area contributed by atoms with Crippen molar-refractivity contribution in [3.05, 3.63) is 78.5 Å². The smallest absolute Gasteiger partial charge is 0.338 e. The minimum Gasteiger partial charge on any atom is -0.497 e. The molecular weight excluding hydrogens is 520 g/mol. The van der Waals surface area contributed by atoms with E-state index in [-0.39, 0.29) is 12.2 Å². The van der Waals surface area contributed by atoms with Crippen molar-refractivity contribution in [3.63, 3.8) is 0 Å². The fourth-order valence-electron chi connectivity index (χ4n) is 4.44. The predicted octanol–water partition coefficient (Wildman–Crippen LogP) is 3.61. The normalized spacial score (nSPS) is 14.9. The number of ether oxygens (including phenoxy) is 5. The van der Waals surface area contributed by atoms with E-state index in [0.29, 0.717) is 67.9 Å². The van der Waals surface area contributed by atoms with Crippen molar-refractivity contribution in [3.8, 4) is 23.0 Å². The van der Waals surface area contributed by atoms with E-state index in [2.05, 4.69) is 4.99 Å². The van der Waals surface area contributed by atoms with Crippen LogP contribution in [0, 0.1) is 0 Å². The van der Waals surface area contributed by atoms with E-state index in [1.54, 1.807) is 64.5 Å². The molecule has 1 aliphatic heterocycles. The van der Waals surface area contributed by atoms with Gasteiger partial charge in [0.25, 0.3) is 5.56 Å². The van der Waals surface area contributed by atoms with Crippen molar-refractivity contribution in [1.82, 2.24) is 4.57 Å². The second kappa shape index (κ2) is 12.2. The molecule has 0 bridgehead atoms. The van der Waals surface area contributed by atoms with Gasteiger partial charge in [0.2, 0.25) is 0 Å². The van der Waals surface area contributed by atoms with Gasteiger partial charge in [0.05, 0.1) is 55.9 Å². The second-order valence-electron chi connectivity index (χ2n) is 8.48. The summed E-state index contributed by atoms with van der Waals surface area (Å²) in [5.74, 6) is 1.80. The molecule has 2 heterocycles. The molecule has 1 atom stereocenters. The highest BCUT2D eigenvalue weighted by atomic mass is 32.1. The Hall–Kier alpha value is -4.05. The topological polar surface area (TPSA) is 97.6 Å². The Labute approximate surface area is 230 Å². The highest BCUT2D eigenvalue weighted by Gasteiger charge is 2.34. The van der Waals surface area contributed by atoms with Gasteiger partial charge in [-0.05, 0) is 69.7 Å². The lowest BCUT2D eigenvalue weighted by Gasteiger charge is -2.25. The number of hydrogen-bond acceptors (Lipinski definition) is 9. The third kappa shape index (κ3) is 5.56. The molecule has 1 unspecified atom stereocenters. The molecule has 0 radical (unpaired) electrons. The Morgan fingerprint density at radius 2 is 1.69 bits per heavy atom. The zero-order valence-corrected chi connectivity index (χ0v) is 23.7. The number of carbonyl (C=O) groups is 1. The van der Waals surface area contributed by atoms with Crippen molar-refractivity contribution in [1.29, 1.82) is 0 Å². The molecule has 9 nitrogen and oxygen atoms in total. The SMILES string of the molecule is CCOC(=O)C1=C(C)N=c2s/c(=C\c3cc(OC)ccc3OC)c(=O)n2C1c1ccc(OCC)c(OCC)c1. The van der Waals surface area contributed by atoms with Gasteiger partial charge in [0, 0.05) is 5.56 Å². The largest absolute Gasteiger partial charge is 0.497 e. The van der Waals surface area contributed by atoms with Crippen molar-refractivity contribution >= 4 is 23.4 Å². The molecule has 3 aromatic rings. The second-order valence-corrected chi connectivity index (χ2v) is 9.49. The molecule has 206 valence electrons. The number of hydrogen-bond donors (Lipinski definition) is 0. The fourth-order valence-corrected chi connectivity index (χ4v) is 5.48. The third-order valence-electron chi connectivity index (χ3n) is 6.12. The lowest BCUT2D eigenvalue weighted by molar-refractivity contribution is -0.139. The van der Waals surface area contributed by atoms with Crippen LogP contribution in [-0.4, -0.2) is 44.6 Å². The number of rotatable bonds is 10. The summed E-state index contributed by atoms with van der Waals surface area (Å²) in [6.07, 6.45) is 1.75. The molecule has 2 aromatic carbocycles. The molecule has 0 aliphatic carbocycles. The summed E-state index contributed by atoms with van der Waals surface area (Å²) in [4.78, 5) is 32.3. The zero-order chi connectivity index (χ0) is 28.1. The van der Waals surface area contributed by atoms with Gasteiger partial charge in [0.15, 0.2) is 16.3 Å². The van der Waals surface area contributed by atoms with Gasteiger partial charge >= 0.3 is 5.97 Å². The van der Waals surface area contributed by atoms with Crippen molar-refractivity contribution in [2.24, 2.45) is 4.99 Å². The van der Waals surface area contributed by atoms with E-state index < -0.39 is 12.0 Å². The van der Waals surface area contributed by atoms with Crippen molar-refractivity contribution in [2.75, 3.05) is 34.0 Å². The average Bonchev–Trinajstić information content (AvgIpc) is 3.23. The van der Waals surface area contributed by atoms with E-state index in [1.165, 1.54) is 15.9 Å². The van der Waals surface area contributed by atoms with Crippen LogP contribution >= 0.6 is 11.3 Å². The Kier molecular flexibility index (Phi) is 8.75. The van der Waals surface area contributed by atoms with Gasteiger partial charge in [-0.15, -0.1) is 0 Å². The number of aromatic nitrogens is 1. The molecule has 0 N–H and O–H groups in total. The molecule has 1 aromatic heterocycles. The summed E-state index contributed by atoms with van der Waals surface area (Å²) in [5.41, 5.74) is 1.83. The van der Waals surface area contributed by atoms with E-state index in [9.17, 15) is 9.59 Å². The van der Waals surface area contributed by atoms with Crippen LogP contribution in [0.25, 0.3) is 6.08 Å². The van der Waals surface area contributed by atoms with Gasteiger partial charge in [-0.3, -0.25) is 9.36 Å². The minimum absolute atomic E-state index is 0.190. The van der Waals surface area contributed by atoms with E-state index in [1.807, 2.05) is 19.9 Å². The molecule has 0 fully saturated rings. The number of fused-ring (bicyclic) bond motifs is 1. The summed E-state index contributed by atoms with van der Waals surface area (Å²) in [5, 5.41) is 0. The highest BCUT2D eigenvalue weighted by molar-refractivity contribution is 7.07. The van der Waals surface area contributed by atoms with Gasteiger partial charge in [-0.1, -0.05) is 17.4 Å². The maximum atomic E-state index is 13.9. The monoisotopic (exact) mass is 552 g/mol. The molecular formula is C29H32N2O7S. The van der Waals surface area contributed by atoms with Crippen LogP contribution in [-0.2, 0) is 9.53 Å². The molecule has 39 heavy (non-hydrogen) atoms. The maximum absolute atomic E-state index is 13.9. The summed E-state index contributed by atoms with van der Waals surface area (Å²) < 4.78 is 29.8. The van der Waals surface area contributed by atoms with Crippen LogP contribution < -0.4 is 33.8 Å². The first-order valence-electron chi connectivity index (χ1n) is 12.7. The van der Waals surface area contributed by atoms with Crippen molar-refractivity contribution < 1.29 is 28.5 Å².